The van der Waals surface area contributed by atoms with Crippen LogP contribution in [0.15, 0.2) is 67.3 Å². The van der Waals surface area contributed by atoms with Gasteiger partial charge in [-0.25, -0.2) is 4.98 Å². The molecule has 0 N–H and O–H groups in total. The van der Waals surface area contributed by atoms with Crippen LogP contribution < -0.4 is 0 Å². The van der Waals surface area contributed by atoms with Crippen molar-refractivity contribution in [1.29, 1.82) is 0 Å². The van der Waals surface area contributed by atoms with Gasteiger partial charge in [0.15, 0.2) is 0 Å². The number of piperidine rings is 1. The number of carbonyl (C=O) groups is 1. The number of aromatic nitrogens is 4. The number of carbonyl (C=O) groups excluding carboxylic acids is 1. The molecule has 1 aromatic carbocycles. The van der Waals surface area contributed by atoms with Crippen LogP contribution in [0.2, 0.25) is 0 Å². The highest BCUT2D eigenvalue weighted by Crippen LogP contribution is 2.33. The van der Waals surface area contributed by atoms with Crippen LogP contribution in [0.3, 0.4) is 0 Å². The Hall–Kier alpha value is -3.88. The van der Waals surface area contributed by atoms with Crippen molar-refractivity contribution < 1.29 is 18.0 Å². The van der Waals surface area contributed by atoms with Gasteiger partial charge in [-0.1, -0.05) is 18.2 Å². The molecule has 4 aromatic rings. The third-order valence-corrected chi connectivity index (χ3v) is 7.45. The second-order valence-electron chi connectivity index (χ2n) is 9.86. The van der Waals surface area contributed by atoms with Crippen molar-refractivity contribution in [2.24, 2.45) is 0 Å². The lowest BCUT2D eigenvalue weighted by atomic mass is 9.95. The number of hydrogen-bond donors (Lipinski definition) is 0. The summed E-state index contributed by atoms with van der Waals surface area (Å²) < 4.78 is 44.4. The minimum Gasteiger partial charge on any atom is -0.344 e. The van der Waals surface area contributed by atoms with E-state index in [0.29, 0.717) is 38.0 Å². The van der Waals surface area contributed by atoms with E-state index in [1.807, 2.05) is 36.9 Å². The zero-order valence-electron chi connectivity index (χ0n) is 21.4. The van der Waals surface area contributed by atoms with Gasteiger partial charge in [0.05, 0.1) is 11.1 Å². The predicted molar refractivity (Wildman–Crippen MR) is 138 cm³/mol. The van der Waals surface area contributed by atoms with Crippen LogP contribution in [0.4, 0.5) is 13.2 Å². The standard InChI is InChI=1S/C29H30F3N5O/c1-20-17-25(21(2)37(20)18-22-7-11-33-12-8-22)28(38)35-14-9-23(10-15-35)27-34-13-16-36(27)19-24-5-3-4-6-26(24)29(30,31)32/h3-8,11-13,16-17,23H,9-10,14-15,18-19H2,1-2H3. The maximum Gasteiger partial charge on any atom is 0.416 e. The summed E-state index contributed by atoms with van der Waals surface area (Å²) in [6, 6.07) is 11.6. The summed E-state index contributed by atoms with van der Waals surface area (Å²) in [5, 5.41) is 0. The summed E-state index contributed by atoms with van der Waals surface area (Å²) in [7, 11) is 0. The molecule has 1 aliphatic heterocycles. The third kappa shape index (κ3) is 5.23. The molecule has 0 spiro atoms. The highest BCUT2D eigenvalue weighted by atomic mass is 19.4. The van der Waals surface area contributed by atoms with Crippen LogP contribution in [-0.2, 0) is 19.3 Å². The Morgan fingerprint density at radius 3 is 2.42 bits per heavy atom. The summed E-state index contributed by atoms with van der Waals surface area (Å²) in [6.07, 6.45) is 3.91. The second-order valence-corrected chi connectivity index (χ2v) is 9.86. The van der Waals surface area contributed by atoms with Crippen molar-refractivity contribution in [1.82, 2.24) is 24.0 Å². The van der Waals surface area contributed by atoms with Crippen molar-refractivity contribution in [3.63, 3.8) is 0 Å². The van der Waals surface area contributed by atoms with Crippen molar-refractivity contribution in [3.8, 4) is 0 Å². The van der Waals surface area contributed by atoms with Gasteiger partial charge in [-0.2, -0.15) is 13.2 Å². The zero-order chi connectivity index (χ0) is 26.9. The Morgan fingerprint density at radius 2 is 1.71 bits per heavy atom. The lowest BCUT2D eigenvalue weighted by molar-refractivity contribution is -0.138. The molecule has 9 heteroatoms. The molecule has 0 atom stereocenters. The van der Waals surface area contributed by atoms with Crippen molar-refractivity contribution in [2.75, 3.05) is 13.1 Å². The maximum atomic E-state index is 13.5. The van der Waals surface area contributed by atoms with Gasteiger partial charge in [-0.3, -0.25) is 9.78 Å². The molecule has 198 valence electrons. The first-order chi connectivity index (χ1) is 18.2. The van der Waals surface area contributed by atoms with Gasteiger partial charge in [-0.05, 0) is 62.1 Å². The molecule has 38 heavy (non-hydrogen) atoms. The maximum absolute atomic E-state index is 13.5. The van der Waals surface area contributed by atoms with E-state index in [-0.39, 0.29) is 23.9 Å². The average molecular weight is 522 g/mol. The fourth-order valence-electron chi connectivity index (χ4n) is 5.38. The Morgan fingerprint density at radius 1 is 1.00 bits per heavy atom. The minimum absolute atomic E-state index is 0.0139. The van der Waals surface area contributed by atoms with E-state index in [9.17, 15) is 18.0 Å². The molecule has 0 radical (unpaired) electrons. The zero-order valence-corrected chi connectivity index (χ0v) is 21.4. The Bertz CT molecular complexity index is 1420. The third-order valence-electron chi connectivity index (χ3n) is 7.45. The molecule has 0 aliphatic carbocycles. The predicted octanol–water partition coefficient (Wildman–Crippen LogP) is 5.83. The van der Waals surface area contributed by atoms with E-state index in [0.717, 1.165) is 28.8 Å². The molecule has 0 saturated carbocycles. The highest BCUT2D eigenvalue weighted by molar-refractivity contribution is 5.95. The molecule has 1 saturated heterocycles. The summed E-state index contributed by atoms with van der Waals surface area (Å²) in [6.45, 7) is 5.91. The van der Waals surface area contributed by atoms with E-state index in [4.69, 9.17) is 0 Å². The Kier molecular flexibility index (Phi) is 7.10. The number of nitrogens with zero attached hydrogens (tertiary/aromatic N) is 5. The first kappa shape index (κ1) is 25.8. The second kappa shape index (κ2) is 10.5. The van der Waals surface area contributed by atoms with E-state index in [1.54, 1.807) is 35.4 Å². The topological polar surface area (TPSA) is 56.0 Å². The summed E-state index contributed by atoms with van der Waals surface area (Å²) >= 11 is 0. The lowest BCUT2D eigenvalue weighted by Crippen LogP contribution is -2.38. The van der Waals surface area contributed by atoms with Crippen LogP contribution in [0.25, 0.3) is 0 Å². The largest absolute Gasteiger partial charge is 0.416 e. The number of rotatable bonds is 6. The molecule has 0 bridgehead atoms. The van der Waals surface area contributed by atoms with Gasteiger partial charge in [0.1, 0.15) is 5.82 Å². The van der Waals surface area contributed by atoms with E-state index >= 15 is 0 Å². The van der Waals surface area contributed by atoms with Crippen molar-refractivity contribution in [3.05, 3.63) is 107 Å². The van der Waals surface area contributed by atoms with Gasteiger partial charge in [0.2, 0.25) is 0 Å². The molecular weight excluding hydrogens is 491 g/mol. The molecule has 1 aliphatic rings. The molecule has 1 amide bonds. The van der Waals surface area contributed by atoms with Crippen molar-refractivity contribution in [2.45, 2.75) is 51.9 Å². The number of alkyl halides is 3. The number of benzene rings is 1. The SMILES string of the molecule is Cc1cc(C(=O)N2CCC(c3nccn3Cc3ccccc3C(F)(F)F)CC2)c(C)n1Cc1ccncc1. The number of aryl methyl sites for hydroxylation is 1. The number of pyridine rings is 1. The van der Waals surface area contributed by atoms with Gasteiger partial charge in [0.25, 0.3) is 5.91 Å². The van der Waals surface area contributed by atoms with E-state index in [2.05, 4.69) is 14.5 Å². The Labute approximate surface area is 219 Å². The molecule has 3 aromatic heterocycles. The van der Waals surface area contributed by atoms with Gasteiger partial charge in [-0.15, -0.1) is 0 Å². The quantitative estimate of drug-likeness (QED) is 0.321. The highest BCUT2D eigenvalue weighted by Gasteiger charge is 2.33. The van der Waals surface area contributed by atoms with Gasteiger partial charge >= 0.3 is 6.18 Å². The molecule has 1 fully saturated rings. The monoisotopic (exact) mass is 521 g/mol. The number of hydrogen-bond acceptors (Lipinski definition) is 3. The fourth-order valence-corrected chi connectivity index (χ4v) is 5.38. The van der Waals surface area contributed by atoms with Crippen LogP contribution in [0.5, 0.6) is 0 Å². The molecule has 5 rings (SSSR count). The van der Waals surface area contributed by atoms with Crippen LogP contribution in [-0.4, -0.2) is 43.0 Å². The number of halogens is 3. The number of amides is 1. The Balaban J connectivity index is 1.26. The van der Waals surface area contributed by atoms with Crippen molar-refractivity contribution >= 4 is 5.91 Å². The van der Waals surface area contributed by atoms with Crippen LogP contribution in [0.1, 0.15) is 63.0 Å². The summed E-state index contributed by atoms with van der Waals surface area (Å²) in [5.41, 5.74) is 3.38. The fraction of sp³-hybridized carbons (Fsp3) is 0.345. The van der Waals surface area contributed by atoms with Crippen LogP contribution >= 0.6 is 0 Å². The smallest absolute Gasteiger partial charge is 0.344 e. The molecule has 0 unspecified atom stereocenters. The van der Waals surface area contributed by atoms with E-state index < -0.39 is 11.7 Å². The molecular formula is C29H30F3N5O. The first-order valence-electron chi connectivity index (χ1n) is 12.7. The molecule has 4 heterocycles. The van der Waals surface area contributed by atoms with Gasteiger partial charge < -0.3 is 14.0 Å². The normalized spacial score (nSPS) is 14.7. The first-order valence-corrected chi connectivity index (χ1v) is 12.7. The minimum atomic E-state index is -4.41. The summed E-state index contributed by atoms with van der Waals surface area (Å²) in [5.74, 6) is 0.857. The van der Waals surface area contributed by atoms with Gasteiger partial charge in [0, 0.05) is 68.3 Å². The average Bonchev–Trinajstić information content (AvgIpc) is 3.48. The molecule has 6 nitrogen and oxygen atoms in total. The van der Waals surface area contributed by atoms with Crippen LogP contribution in [0, 0.1) is 13.8 Å². The summed E-state index contributed by atoms with van der Waals surface area (Å²) in [4.78, 5) is 23.9. The number of likely N-dealkylation sites (tertiary alicyclic amines) is 1. The number of imidazole rings is 1. The lowest BCUT2D eigenvalue weighted by Gasteiger charge is -2.32. The van der Waals surface area contributed by atoms with E-state index in [1.165, 1.54) is 12.1 Å².